The predicted octanol–water partition coefficient (Wildman–Crippen LogP) is 0.718. The summed E-state index contributed by atoms with van der Waals surface area (Å²) in [6, 6.07) is -0.176. The molecule has 0 amide bonds. The fourth-order valence-electron chi connectivity index (χ4n) is 0.900. The zero-order chi connectivity index (χ0) is 9.84. The first-order chi connectivity index (χ1) is 6.09. The SMILES string of the molecule is Cc1cnc(C(C)NCC(=O)O)o1. The van der Waals surface area contributed by atoms with Crippen LogP contribution in [-0.2, 0) is 4.79 Å². The van der Waals surface area contributed by atoms with E-state index in [2.05, 4.69) is 10.3 Å². The van der Waals surface area contributed by atoms with Crippen molar-refractivity contribution in [3.8, 4) is 0 Å². The Labute approximate surface area is 75.8 Å². The molecule has 0 aliphatic rings. The standard InChI is InChI=1S/C8H12N2O3/c1-5-3-10-8(13-5)6(2)9-4-7(11)12/h3,6,9H,4H2,1-2H3,(H,11,12). The van der Waals surface area contributed by atoms with Gasteiger partial charge in [-0.1, -0.05) is 0 Å². The molecule has 5 heteroatoms. The van der Waals surface area contributed by atoms with Crippen LogP contribution in [-0.4, -0.2) is 22.6 Å². The van der Waals surface area contributed by atoms with E-state index in [-0.39, 0.29) is 12.6 Å². The van der Waals surface area contributed by atoms with Gasteiger partial charge in [-0.15, -0.1) is 0 Å². The molecule has 0 fully saturated rings. The lowest BCUT2D eigenvalue weighted by atomic mass is 10.3. The molecule has 0 aliphatic carbocycles. The van der Waals surface area contributed by atoms with Crippen LogP contribution in [0.1, 0.15) is 24.6 Å². The first-order valence-corrected chi connectivity index (χ1v) is 3.97. The maximum atomic E-state index is 10.2. The van der Waals surface area contributed by atoms with E-state index in [1.54, 1.807) is 20.0 Å². The van der Waals surface area contributed by atoms with E-state index in [1.165, 1.54) is 0 Å². The van der Waals surface area contributed by atoms with Gasteiger partial charge in [0.25, 0.3) is 0 Å². The Balaban J connectivity index is 2.48. The Morgan fingerprint density at radius 1 is 1.85 bits per heavy atom. The topological polar surface area (TPSA) is 75.4 Å². The van der Waals surface area contributed by atoms with Crippen molar-refractivity contribution in [2.24, 2.45) is 0 Å². The van der Waals surface area contributed by atoms with E-state index in [4.69, 9.17) is 9.52 Å². The van der Waals surface area contributed by atoms with Crippen molar-refractivity contribution < 1.29 is 14.3 Å². The Kier molecular flexibility index (Phi) is 3.02. The van der Waals surface area contributed by atoms with Crippen molar-refractivity contribution >= 4 is 5.97 Å². The molecule has 1 atom stereocenters. The van der Waals surface area contributed by atoms with Crippen LogP contribution in [0.15, 0.2) is 10.6 Å². The van der Waals surface area contributed by atoms with Crippen LogP contribution in [0.3, 0.4) is 0 Å². The number of carboxylic acids is 1. The van der Waals surface area contributed by atoms with E-state index >= 15 is 0 Å². The number of carbonyl (C=O) groups is 1. The van der Waals surface area contributed by atoms with Gasteiger partial charge in [0.1, 0.15) is 5.76 Å². The molecule has 1 unspecified atom stereocenters. The van der Waals surface area contributed by atoms with Crippen molar-refractivity contribution in [2.75, 3.05) is 6.54 Å². The highest BCUT2D eigenvalue weighted by Gasteiger charge is 2.11. The van der Waals surface area contributed by atoms with Gasteiger partial charge in [0.2, 0.25) is 5.89 Å². The first-order valence-electron chi connectivity index (χ1n) is 3.97. The number of aryl methyl sites for hydroxylation is 1. The molecular weight excluding hydrogens is 172 g/mol. The zero-order valence-electron chi connectivity index (χ0n) is 7.57. The molecule has 1 heterocycles. The molecule has 0 bridgehead atoms. The summed E-state index contributed by atoms with van der Waals surface area (Å²) >= 11 is 0. The van der Waals surface area contributed by atoms with Gasteiger partial charge >= 0.3 is 5.97 Å². The number of oxazole rings is 1. The molecule has 1 aromatic rings. The third-order valence-electron chi connectivity index (χ3n) is 1.57. The molecule has 72 valence electrons. The molecule has 5 nitrogen and oxygen atoms in total. The Bertz CT molecular complexity index is 295. The monoisotopic (exact) mass is 184 g/mol. The summed E-state index contributed by atoms with van der Waals surface area (Å²) in [4.78, 5) is 14.2. The minimum absolute atomic E-state index is 0.0946. The minimum Gasteiger partial charge on any atom is -0.480 e. The van der Waals surface area contributed by atoms with Crippen LogP contribution < -0.4 is 5.32 Å². The fourth-order valence-corrected chi connectivity index (χ4v) is 0.900. The van der Waals surface area contributed by atoms with E-state index in [9.17, 15) is 4.79 Å². The number of carboxylic acid groups (broad SMARTS) is 1. The van der Waals surface area contributed by atoms with Crippen LogP contribution in [0.5, 0.6) is 0 Å². The van der Waals surface area contributed by atoms with Crippen LogP contribution in [0, 0.1) is 6.92 Å². The Morgan fingerprint density at radius 2 is 2.54 bits per heavy atom. The normalized spacial score (nSPS) is 12.8. The second-order valence-electron chi connectivity index (χ2n) is 2.81. The van der Waals surface area contributed by atoms with Gasteiger partial charge in [0, 0.05) is 0 Å². The van der Waals surface area contributed by atoms with Crippen LogP contribution in [0.2, 0.25) is 0 Å². The van der Waals surface area contributed by atoms with E-state index < -0.39 is 5.97 Å². The average Bonchev–Trinajstić information content (AvgIpc) is 2.47. The quantitative estimate of drug-likeness (QED) is 0.721. The minimum atomic E-state index is -0.893. The third-order valence-corrected chi connectivity index (χ3v) is 1.57. The number of nitrogens with one attached hydrogen (secondary N) is 1. The van der Waals surface area contributed by atoms with E-state index in [1.807, 2.05) is 0 Å². The van der Waals surface area contributed by atoms with Gasteiger partial charge in [-0.2, -0.15) is 0 Å². The smallest absolute Gasteiger partial charge is 0.317 e. The van der Waals surface area contributed by atoms with Crippen LogP contribution in [0.4, 0.5) is 0 Å². The molecule has 0 saturated heterocycles. The van der Waals surface area contributed by atoms with E-state index in [0.29, 0.717) is 5.89 Å². The zero-order valence-corrected chi connectivity index (χ0v) is 7.57. The van der Waals surface area contributed by atoms with Crippen molar-refractivity contribution in [3.05, 3.63) is 17.8 Å². The fraction of sp³-hybridized carbons (Fsp3) is 0.500. The summed E-state index contributed by atoms with van der Waals surface area (Å²) in [6.45, 7) is 3.50. The van der Waals surface area contributed by atoms with Gasteiger partial charge in [-0.3, -0.25) is 10.1 Å². The molecule has 13 heavy (non-hydrogen) atoms. The Morgan fingerprint density at radius 3 is 3.00 bits per heavy atom. The molecule has 0 spiro atoms. The largest absolute Gasteiger partial charge is 0.480 e. The maximum Gasteiger partial charge on any atom is 0.317 e. The molecule has 0 aromatic carbocycles. The maximum absolute atomic E-state index is 10.2. The summed E-state index contributed by atoms with van der Waals surface area (Å²) < 4.78 is 5.21. The number of hydrogen-bond donors (Lipinski definition) is 2. The summed E-state index contributed by atoms with van der Waals surface area (Å²) in [7, 11) is 0. The van der Waals surface area contributed by atoms with Crippen molar-refractivity contribution in [1.29, 1.82) is 0 Å². The first kappa shape index (κ1) is 9.73. The van der Waals surface area contributed by atoms with Gasteiger partial charge in [-0.25, -0.2) is 4.98 Å². The number of rotatable bonds is 4. The van der Waals surface area contributed by atoms with Crippen LogP contribution in [0.25, 0.3) is 0 Å². The van der Waals surface area contributed by atoms with Crippen molar-refractivity contribution in [1.82, 2.24) is 10.3 Å². The summed E-state index contributed by atoms with van der Waals surface area (Å²) in [6.07, 6.45) is 1.61. The molecule has 0 saturated carbocycles. The van der Waals surface area contributed by atoms with Gasteiger partial charge in [0.05, 0.1) is 18.8 Å². The van der Waals surface area contributed by atoms with Crippen molar-refractivity contribution in [2.45, 2.75) is 19.9 Å². The molecule has 0 radical (unpaired) electrons. The molecule has 0 aliphatic heterocycles. The van der Waals surface area contributed by atoms with E-state index in [0.717, 1.165) is 5.76 Å². The molecular formula is C8H12N2O3. The molecule has 2 N–H and O–H groups in total. The summed E-state index contributed by atoms with van der Waals surface area (Å²) in [5.41, 5.74) is 0. The highest BCUT2D eigenvalue weighted by atomic mass is 16.4. The second-order valence-corrected chi connectivity index (χ2v) is 2.81. The summed E-state index contributed by atoms with van der Waals surface area (Å²) in [5, 5.41) is 11.2. The lowest BCUT2D eigenvalue weighted by Crippen LogP contribution is -2.25. The number of aliphatic carboxylic acids is 1. The highest BCUT2D eigenvalue weighted by molar-refractivity contribution is 5.69. The lowest BCUT2D eigenvalue weighted by molar-refractivity contribution is -0.136. The van der Waals surface area contributed by atoms with Crippen LogP contribution >= 0.6 is 0 Å². The number of hydrogen-bond acceptors (Lipinski definition) is 4. The molecule has 1 aromatic heterocycles. The predicted molar refractivity (Wildman–Crippen MR) is 45.3 cm³/mol. The second kappa shape index (κ2) is 4.04. The summed E-state index contributed by atoms with van der Waals surface area (Å²) in [5.74, 6) is 0.341. The average molecular weight is 184 g/mol. The van der Waals surface area contributed by atoms with Gasteiger partial charge in [0.15, 0.2) is 0 Å². The van der Waals surface area contributed by atoms with Gasteiger partial charge in [-0.05, 0) is 13.8 Å². The molecule has 1 rings (SSSR count). The number of aromatic nitrogens is 1. The van der Waals surface area contributed by atoms with Gasteiger partial charge < -0.3 is 9.52 Å². The third kappa shape index (κ3) is 2.87. The lowest BCUT2D eigenvalue weighted by Gasteiger charge is -2.06. The Hall–Kier alpha value is -1.36. The number of nitrogens with zero attached hydrogens (tertiary/aromatic N) is 1. The highest BCUT2D eigenvalue weighted by Crippen LogP contribution is 2.10. The van der Waals surface area contributed by atoms with Crippen molar-refractivity contribution in [3.63, 3.8) is 0 Å².